The quantitative estimate of drug-likeness (QED) is 0.345. The van der Waals surface area contributed by atoms with E-state index in [1.165, 1.54) is 22.4 Å². The first-order valence-corrected chi connectivity index (χ1v) is 16.5. The zero-order valence-corrected chi connectivity index (χ0v) is 28.9. The lowest BCUT2D eigenvalue weighted by atomic mass is 9.87. The topological polar surface area (TPSA) is 155 Å². The van der Waals surface area contributed by atoms with Crippen molar-refractivity contribution in [2.45, 2.75) is 104 Å². The van der Waals surface area contributed by atoms with Crippen LogP contribution in [-0.2, 0) is 43.3 Å². The Morgan fingerprint density at radius 3 is 2.40 bits per heavy atom. The second-order valence-electron chi connectivity index (χ2n) is 13.9. The third-order valence-electron chi connectivity index (χ3n) is 8.81. The molecule has 2 aromatic carbocycles. The monoisotopic (exact) mass is 664 g/mol. The maximum absolute atomic E-state index is 14.4. The fraction of sp³-hybridized carbons (Fsp3) is 0.528. The number of nitrogens with one attached hydrogen (secondary N) is 2. The number of likely N-dealkylation sites (N-methyl/N-ethyl adjacent to an activating group) is 1. The van der Waals surface area contributed by atoms with E-state index in [9.17, 15) is 24.0 Å². The largest absolute Gasteiger partial charge is 0.482 e. The van der Waals surface area contributed by atoms with Crippen LogP contribution in [0.25, 0.3) is 0 Å². The molecular formula is C36H48N4O8. The van der Waals surface area contributed by atoms with Crippen LogP contribution < -0.4 is 15.4 Å². The van der Waals surface area contributed by atoms with Crippen LogP contribution in [0.15, 0.2) is 42.5 Å². The van der Waals surface area contributed by atoms with Gasteiger partial charge in [-0.15, -0.1) is 0 Å². The zero-order chi connectivity index (χ0) is 35.3. The van der Waals surface area contributed by atoms with Gasteiger partial charge in [-0.2, -0.15) is 0 Å². The molecule has 0 bridgehead atoms. The zero-order valence-electron chi connectivity index (χ0n) is 28.9. The van der Waals surface area contributed by atoms with E-state index in [2.05, 4.69) is 16.7 Å². The lowest BCUT2D eigenvalue weighted by molar-refractivity contribution is -0.146. The van der Waals surface area contributed by atoms with E-state index in [1.54, 1.807) is 59.7 Å². The third kappa shape index (κ3) is 8.84. The molecule has 2 aliphatic rings. The first kappa shape index (κ1) is 36.2. The van der Waals surface area contributed by atoms with Gasteiger partial charge in [-0.3, -0.25) is 19.3 Å². The lowest BCUT2D eigenvalue weighted by Crippen LogP contribution is -2.60. The standard InChI is InChI=1S/C36H48N4O8/c1-21(2)31(38-32(43)22(3)39(7)35(46)48-36(4,5)6)34(45)40-19-25-17-26(47-20-30(41)42)16-15-24(25)18-29(40)33(44)37-28-14-10-12-23-11-8-9-13-27(23)28/h8-9,11,13,15-17,21-22,28-29,31H,10,12,14,18-20H2,1-7H3,(H,37,44)(H,38,43)(H,41,42)/t22-,28+,29-,31-/m0/s1. The third-order valence-corrected chi connectivity index (χ3v) is 8.81. The highest BCUT2D eigenvalue weighted by molar-refractivity contribution is 5.94. The molecule has 0 aromatic heterocycles. The summed E-state index contributed by atoms with van der Waals surface area (Å²) in [5.41, 5.74) is 3.06. The Balaban J connectivity index is 1.61. The minimum atomic E-state index is -1.12. The Bertz CT molecular complexity index is 1530. The molecule has 2 aromatic rings. The average molecular weight is 665 g/mol. The van der Waals surface area contributed by atoms with Gasteiger partial charge in [0.25, 0.3) is 0 Å². The molecule has 1 heterocycles. The summed E-state index contributed by atoms with van der Waals surface area (Å²) in [6.07, 6.45) is 2.18. The molecule has 1 aliphatic heterocycles. The van der Waals surface area contributed by atoms with Crippen LogP contribution in [0.2, 0.25) is 0 Å². The summed E-state index contributed by atoms with van der Waals surface area (Å²) in [5.74, 6) is -2.44. The summed E-state index contributed by atoms with van der Waals surface area (Å²) in [6.45, 7) is 9.87. The number of nitrogens with zero attached hydrogens (tertiary/aromatic N) is 2. The van der Waals surface area contributed by atoms with E-state index >= 15 is 0 Å². The second kappa shape index (κ2) is 15.1. The van der Waals surface area contributed by atoms with Gasteiger partial charge >= 0.3 is 12.1 Å². The van der Waals surface area contributed by atoms with Crippen molar-refractivity contribution in [2.75, 3.05) is 13.7 Å². The summed E-state index contributed by atoms with van der Waals surface area (Å²) < 4.78 is 10.8. The van der Waals surface area contributed by atoms with Crippen molar-refractivity contribution in [3.63, 3.8) is 0 Å². The summed E-state index contributed by atoms with van der Waals surface area (Å²) in [6, 6.07) is 10.2. The van der Waals surface area contributed by atoms with Crippen LogP contribution in [-0.4, -0.2) is 82.1 Å². The van der Waals surface area contributed by atoms with Crippen LogP contribution in [0.1, 0.15) is 82.7 Å². The SMILES string of the molecule is CC(C)[C@H](NC(=O)[C@H](C)N(C)C(=O)OC(C)(C)C)C(=O)N1Cc2cc(OCC(=O)O)ccc2C[C@H]1C(=O)N[C@@H]1CCCc2ccccc21. The molecule has 0 radical (unpaired) electrons. The van der Waals surface area contributed by atoms with E-state index in [0.717, 1.165) is 30.4 Å². The molecule has 1 aliphatic carbocycles. The molecule has 0 spiro atoms. The van der Waals surface area contributed by atoms with E-state index in [4.69, 9.17) is 14.6 Å². The normalized spacial score (nSPS) is 18.5. The van der Waals surface area contributed by atoms with Crippen molar-refractivity contribution in [2.24, 2.45) is 5.92 Å². The number of aryl methyl sites for hydroxylation is 1. The predicted molar refractivity (Wildman–Crippen MR) is 178 cm³/mol. The molecule has 0 saturated heterocycles. The molecule has 3 N–H and O–H groups in total. The van der Waals surface area contributed by atoms with Gasteiger partial charge in [0.05, 0.1) is 6.04 Å². The van der Waals surface area contributed by atoms with Crippen molar-refractivity contribution in [1.29, 1.82) is 0 Å². The average Bonchev–Trinajstić information content (AvgIpc) is 3.03. The van der Waals surface area contributed by atoms with Crippen LogP contribution in [0.4, 0.5) is 4.79 Å². The lowest BCUT2D eigenvalue weighted by Gasteiger charge is -2.40. The van der Waals surface area contributed by atoms with Crippen LogP contribution in [0, 0.1) is 5.92 Å². The summed E-state index contributed by atoms with van der Waals surface area (Å²) >= 11 is 0. The fourth-order valence-corrected chi connectivity index (χ4v) is 6.07. The molecule has 12 nitrogen and oxygen atoms in total. The van der Waals surface area contributed by atoms with Gasteiger partial charge in [-0.05, 0) is 87.3 Å². The van der Waals surface area contributed by atoms with Crippen LogP contribution in [0.5, 0.6) is 5.75 Å². The Hall–Kier alpha value is -4.61. The number of fused-ring (bicyclic) bond motifs is 2. The molecule has 4 amide bonds. The maximum Gasteiger partial charge on any atom is 0.410 e. The van der Waals surface area contributed by atoms with Crippen molar-refractivity contribution >= 4 is 29.8 Å². The van der Waals surface area contributed by atoms with Crippen LogP contribution >= 0.6 is 0 Å². The Morgan fingerprint density at radius 2 is 1.73 bits per heavy atom. The molecule has 0 unspecified atom stereocenters. The number of carboxylic acid groups (broad SMARTS) is 1. The minimum Gasteiger partial charge on any atom is -0.482 e. The van der Waals surface area contributed by atoms with Gasteiger partial charge in [0.15, 0.2) is 6.61 Å². The number of carbonyl (C=O) groups excluding carboxylic acids is 4. The van der Waals surface area contributed by atoms with E-state index in [0.29, 0.717) is 11.3 Å². The number of ether oxygens (including phenoxy) is 2. The molecule has 260 valence electrons. The van der Waals surface area contributed by atoms with E-state index < -0.39 is 54.2 Å². The van der Waals surface area contributed by atoms with Crippen LogP contribution in [0.3, 0.4) is 0 Å². The molecular weight excluding hydrogens is 616 g/mol. The van der Waals surface area contributed by atoms with Gasteiger partial charge in [0, 0.05) is 20.0 Å². The summed E-state index contributed by atoms with van der Waals surface area (Å²) in [5, 5.41) is 15.1. The summed E-state index contributed by atoms with van der Waals surface area (Å²) in [4.78, 5) is 68.4. The molecule has 48 heavy (non-hydrogen) atoms. The van der Waals surface area contributed by atoms with E-state index in [-0.39, 0.29) is 30.8 Å². The molecule has 12 heteroatoms. The predicted octanol–water partition coefficient (Wildman–Crippen LogP) is 3.99. The van der Waals surface area contributed by atoms with Gasteiger partial charge in [0.1, 0.15) is 29.5 Å². The Kier molecular flexibility index (Phi) is 11.4. The highest BCUT2D eigenvalue weighted by Gasteiger charge is 2.41. The van der Waals surface area contributed by atoms with Crippen molar-refractivity contribution in [3.8, 4) is 5.75 Å². The van der Waals surface area contributed by atoms with E-state index in [1.807, 2.05) is 18.2 Å². The molecule has 0 fully saturated rings. The number of carbonyl (C=O) groups is 5. The minimum absolute atomic E-state index is 0.0459. The van der Waals surface area contributed by atoms with Gasteiger partial charge in [-0.25, -0.2) is 9.59 Å². The number of aliphatic carboxylic acids is 1. The number of benzene rings is 2. The van der Waals surface area contributed by atoms with Gasteiger partial charge in [-0.1, -0.05) is 44.2 Å². The number of carboxylic acids is 1. The maximum atomic E-state index is 14.4. The number of hydrogen-bond acceptors (Lipinski definition) is 7. The highest BCUT2D eigenvalue weighted by atomic mass is 16.6. The first-order valence-electron chi connectivity index (χ1n) is 16.5. The Labute approximate surface area is 282 Å². The molecule has 4 rings (SSSR count). The number of hydrogen-bond donors (Lipinski definition) is 3. The Morgan fingerprint density at radius 1 is 1.02 bits per heavy atom. The smallest absolute Gasteiger partial charge is 0.410 e. The number of amides is 4. The van der Waals surface area contributed by atoms with Crippen molar-refractivity contribution in [3.05, 3.63) is 64.7 Å². The first-order chi connectivity index (χ1) is 22.6. The molecule has 0 saturated carbocycles. The van der Waals surface area contributed by atoms with Gasteiger partial charge < -0.3 is 30.1 Å². The van der Waals surface area contributed by atoms with Crippen molar-refractivity contribution in [1.82, 2.24) is 20.4 Å². The molecule has 4 atom stereocenters. The highest BCUT2D eigenvalue weighted by Crippen LogP contribution is 2.32. The summed E-state index contributed by atoms with van der Waals surface area (Å²) in [7, 11) is 1.46. The fourth-order valence-electron chi connectivity index (χ4n) is 6.07. The van der Waals surface area contributed by atoms with Gasteiger partial charge in [0.2, 0.25) is 17.7 Å². The van der Waals surface area contributed by atoms with Crippen molar-refractivity contribution < 1.29 is 38.6 Å². The number of rotatable bonds is 10. The second-order valence-corrected chi connectivity index (χ2v) is 13.9.